The number of nitrogens with zero attached hydrogens (tertiary/aromatic N) is 3. The van der Waals surface area contributed by atoms with Gasteiger partial charge in [-0.25, -0.2) is 4.98 Å². The Hall–Kier alpha value is -1.24. The second kappa shape index (κ2) is 9.27. The molecule has 162 valence electrons. The molecule has 12 heteroatoms. The van der Waals surface area contributed by atoms with Crippen molar-refractivity contribution in [3.05, 3.63) is 15.3 Å². The summed E-state index contributed by atoms with van der Waals surface area (Å²) in [5, 5.41) is 22.6. The van der Waals surface area contributed by atoms with Gasteiger partial charge in [0.15, 0.2) is 10.9 Å². The van der Waals surface area contributed by atoms with E-state index >= 15 is 0 Å². The lowest BCUT2D eigenvalue weighted by Crippen LogP contribution is -2.35. The molecule has 0 unspecified atom stereocenters. The summed E-state index contributed by atoms with van der Waals surface area (Å²) in [6, 6.07) is -0.981. The molecule has 0 radical (unpaired) electrons. The number of hydrogen-bond donors (Lipinski definition) is 2. The van der Waals surface area contributed by atoms with Crippen molar-refractivity contribution >= 4 is 34.9 Å². The molecule has 0 amide bonds. The molecule has 2 heterocycles. The number of fused-ring (bicyclic) bond motifs is 1. The minimum absolute atomic E-state index is 0.0539. The third-order valence-corrected chi connectivity index (χ3v) is 5.02. The molecule has 10 nitrogen and oxygen atoms in total. The fourth-order valence-electron chi connectivity index (χ4n) is 3.26. The Morgan fingerprint density at radius 2 is 2.28 bits per heavy atom. The van der Waals surface area contributed by atoms with Crippen LogP contribution in [-0.4, -0.2) is 69.0 Å². The fourth-order valence-corrected chi connectivity index (χ4v) is 3.96. The fraction of sp³-hybridized carbons (Fsp3) is 0.765. The van der Waals surface area contributed by atoms with Crippen LogP contribution < -0.4 is 5.32 Å². The molecule has 2 N–H and O–H groups in total. The lowest BCUT2D eigenvalue weighted by Gasteiger charge is -2.24. The molecule has 1 saturated heterocycles. The Morgan fingerprint density at radius 1 is 1.52 bits per heavy atom. The summed E-state index contributed by atoms with van der Waals surface area (Å²) in [6.07, 6.45) is -6.83. The lowest BCUT2D eigenvalue weighted by atomic mass is 10.2. The number of rotatable bonds is 9. The van der Waals surface area contributed by atoms with Gasteiger partial charge in [0.1, 0.15) is 12.2 Å². The number of aliphatic hydroxyl groups is 1. The van der Waals surface area contributed by atoms with E-state index < -0.39 is 88.9 Å². The molecule has 0 bridgehead atoms. The molecule has 1 saturated carbocycles. The van der Waals surface area contributed by atoms with Gasteiger partial charge < -0.3 is 24.6 Å². The van der Waals surface area contributed by atoms with Crippen molar-refractivity contribution in [2.24, 2.45) is 0 Å². The molecule has 1 aliphatic heterocycles. The van der Waals surface area contributed by atoms with E-state index in [2.05, 4.69) is 15.3 Å². The van der Waals surface area contributed by atoms with E-state index in [4.69, 9.17) is 40.9 Å². The molecule has 3 rings (SSSR count). The number of hydrogen-bond acceptors (Lipinski definition) is 10. The van der Waals surface area contributed by atoms with Crippen molar-refractivity contribution in [3.63, 3.8) is 0 Å². The minimum atomic E-state index is -3.40. The van der Waals surface area contributed by atoms with E-state index in [-0.39, 0.29) is 18.2 Å². The van der Waals surface area contributed by atoms with Gasteiger partial charge in [-0.05, 0) is 26.6 Å². The predicted molar refractivity (Wildman–Crippen MR) is 107 cm³/mol. The summed E-state index contributed by atoms with van der Waals surface area (Å²) in [5.41, 5.74) is -4.00. The average Bonchev–Trinajstić information content (AvgIpc) is 3.18. The van der Waals surface area contributed by atoms with Gasteiger partial charge in [-0.15, -0.1) is 0 Å². The molecule has 0 spiro atoms. The van der Waals surface area contributed by atoms with Crippen LogP contribution in [0.1, 0.15) is 48.6 Å². The van der Waals surface area contributed by atoms with E-state index in [1.165, 1.54) is 13.8 Å². The Balaban J connectivity index is 1.98. The highest BCUT2D eigenvalue weighted by Crippen LogP contribution is 2.42. The molecular formula is C17H25ClN4O6S. The standard InChI is InChI=1S/C17H25ClN4O6S/c1-4-7-29-16-20-14(18)11(22(24)25)15(21-16)19-9-8-10(26-6-5-23)13-12(9)27-17(2,3)28-13/h9-10,12-13,23H,4-8H2,1-3H3,(H,19,20,21)/t9-,10+,12+,13-/m1/s1/i1D3,4D2,5D2,6D2,7D2. The van der Waals surface area contributed by atoms with E-state index in [9.17, 15) is 15.2 Å². The van der Waals surface area contributed by atoms with E-state index in [1.807, 2.05) is 0 Å². The highest BCUT2D eigenvalue weighted by molar-refractivity contribution is 7.99. The van der Waals surface area contributed by atoms with Crippen molar-refractivity contribution in [1.82, 2.24) is 9.97 Å². The first-order chi connectivity index (χ1) is 17.8. The van der Waals surface area contributed by atoms with Crippen molar-refractivity contribution in [1.29, 1.82) is 0 Å². The number of nitro groups is 1. The zero-order valence-electron chi connectivity index (χ0n) is 26.1. The third-order valence-electron chi connectivity index (χ3n) is 4.19. The van der Waals surface area contributed by atoms with Crippen molar-refractivity contribution in [2.45, 2.75) is 68.8 Å². The number of ether oxygens (including phenoxy) is 3. The van der Waals surface area contributed by atoms with Crippen LogP contribution in [0.4, 0.5) is 11.5 Å². The van der Waals surface area contributed by atoms with Crippen LogP contribution in [0.15, 0.2) is 5.16 Å². The van der Waals surface area contributed by atoms with Gasteiger partial charge in [0.05, 0.1) is 35.7 Å². The topological polar surface area (TPSA) is 129 Å². The van der Waals surface area contributed by atoms with Gasteiger partial charge in [0.2, 0.25) is 11.0 Å². The molecule has 29 heavy (non-hydrogen) atoms. The van der Waals surface area contributed by atoms with Gasteiger partial charge in [-0.3, -0.25) is 10.1 Å². The van der Waals surface area contributed by atoms with E-state index in [0.717, 1.165) is 0 Å². The van der Waals surface area contributed by atoms with E-state index in [1.54, 1.807) is 0 Å². The summed E-state index contributed by atoms with van der Waals surface area (Å²) in [6.45, 7) is -6.91. The van der Waals surface area contributed by atoms with Crippen LogP contribution in [0.5, 0.6) is 0 Å². The quantitative estimate of drug-likeness (QED) is 0.187. The summed E-state index contributed by atoms with van der Waals surface area (Å²) < 4.78 is 101. The molecule has 1 aliphatic carbocycles. The molecule has 4 atom stereocenters. The maximum atomic E-state index is 11.8. The first-order valence-corrected chi connectivity index (χ1v) is 9.42. The first-order valence-electron chi connectivity index (χ1n) is 13.7. The molecule has 2 aliphatic rings. The largest absolute Gasteiger partial charge is 0.394 e. The maximum absolute atomic E-state index is 11.8. The highest BCUT2D eigenvalue weighted by atomic mass is 35.5. The van der Waals surface area contributed by atoms with Crippen LogP contribution in [0.25, 0.3) is 0 Å². The number of halogens is 1. The van der Waals surface area contributed by atoms with Crippen molar-refractivity contribution < 1.29 is 39.3 Å². The van der Waals surface area contributed by atoms with Crippen molar-refractivity contribution in [3.8, 4) is 0 Å². The number of aromatic nitrogens is 2. The SMILES string of the molecule is [2H]C([2H])([2H])C([2H])([2H])C([2H])([2H])Sc1nc(Cl)c([N+](=O)[O-])c(N[C@@H]2C[C@H](OC([2H])([2H])C([2H])([2H])O)[C@H]3OC(C)(C)O[C@H]32)n1. The Labute approximate surface area is 193 Å². The maximum Gasteiger partial charge on any atom is 0.348 e. The van der Waals surface area contributed by atoms with Crippen LogP contribution in [0, 0.1) is 10.1 Å². The first kappa shape index (κ1) is 12.0. The van der Waals surface area contributed by atoms with Crippen molar-refractivity contribution in [2.75, 3.05) is 24.1 Å². The highest BCUT2D eigenvalue weighted by Gasteiger charge is 2.55. The summed E-state index contributed by atoms with van der Waals surface area (Å²) in [4.78, 5) is 18.4. The van der Waals surface area contributed by atoms with E-state index in [0.29, 0.717) is 0 Å². The van der Waals surface area contributed by atoms with Crippen LogP contribution >= 0.6 is 23.4 Å². The Morgan fingerprint density at radius 3 is 2.97 bits per heavy atom. The molecular weight excluding hydrogens is 424 g/mol. The monoisotopic (exact) mass is 459 g/mol. The molecule has 1 aromatic rings. The Bertz CT molecular complexity index is 1160. The van der Waals surface area contributed by atoms with Gasteiger partial charge in [-0.2, -0.15) is 4.98 Å². The Kier molecular flexibility index (Phi) is 3.83. The van der Waals surface area contributed by atoms with Gasteiger partial charge in [0, 0.05) is 15.3 Å². The molecule has 1 aromatic heterocycles. The lowest BCUT2D eigenvalue weighted by molar-refractivity contribution is -0.384. The number of thioether (sulfide) groups is 1. The van der Waals surface area contributed by atoms with Crippen LogP contribution in [-0.2, 0) is 14.2 Å². The summed E-state index contributed by atoms with van der Waals surface area (Å²) >= 11 is 5.94. The summed E-state index contributed by atoms with van der Waals surface area (Å²) in [5.74, 6) is -1.81. The normalized spacial score (nSPS) is 35.8. The van der Waals surface area contributed by atoms with Gasteiger partial charge in [-0.1, -0.05) is 30.2 Å². The zero-order chi connectivity index (χ0) is 30.9. The predicted octanol–water partition coefficient (Wildman–Crippen LogP) is 2.62. The molecule has 0 aromatic carbocycles. The van der Waals surface area contributed by atoms with Gasteiger partial charge >= 0.3 is 5.69 Å². The zero-order valence-corrected chi connectivity index (χ0v) is 16.7. The number of anilines is 1. The van der Waals surface area contributed by atoms with Crippen LogP contribution in [0.2, 0.25) is 5.15 Å². The number of nitrogens with one attached hydrogen (secondary N) is 1. The van der Waals surface area contributed by atoms with Crippen LogP contribution in [0.3, 0.4) is 0 Å². The summed E-state index contributed by atoms with van der Waals surface area (Å²) in [7, 11) is 0. The van der Waals surface area contributed by atoms with Gasteiger partial charge in [0.25, 0.3) is 0 Å². The molecule has 2 fully saturated rings. The second-order valence-corrected chi connectivity index (χ2v) is 7.63. The smallest absolute Gasteiger partial charge is 0.348 e. The third kappa shape index (κ3) is 5.09. The average molecular weight is 460 g/mol. The minimum Gasteiger partial charge on any atom is -0.394 e. The second-order valence-electron chi connectivity index (χ2n) is 6.50.